The number of nitro groups is 1. The van der Waals surface area contributed by atoms with Gasteiger partial charge in [0, 0.05) is 75.6 Å². The number of alkyl halides is 9. The number of anilines is 7. The summed E-state index contributed by atoms with van der Waals surface area (Å²) in [6.07, 6.45) is -5.29. The number of ether oxygens (including phenoxy) is 4. The van der Waals surface area contributed by atoms with Crippen LogP contribution in [0.5, 0.6) is 17.2 Å². The van der Waals surface area contributed by atoms with Crippen LogP contribution >= 0.6 is 0 Å². The van der Waals surface area contributed by atoms with E-state index in [0.717, 1.165) is 70.1 Å². The predicted octanol–water partition coefficient (Wildman–Crippen LogP) is 20.2. The number of fused-ring (bicyclic) bond motifs is 6. The van der Waals surface area contributed by atoms with Gasteiger partial charge in [-0.1, -0.05) is 152 Å². The molecule has 0 aliphatic carbocycles. The van der Waals surface area contributed by atoms with Crippen molar-refractivity contribution in [2.75, 3.05) is 48.3 Å². The monoisotopic (exact) mass is 2110 g/mol. The number of hydrogen-bond acceptors (Lipinski definition) is 27. The highest BCUT2D eigenvalue weighted by Crippen LogP contribution is 2.39. The highest BCUT2D eigenvalue weighted by atomic mass is 32.2. The normalized spacial score (nSPS) is 11.7. The van der Waals surface area contributed by atoms with E-state index < -0.39 is 133 Å². The molecule has 34 nitrogen and oxygen atoms in total. The van der Waals surface area contributed by atoms with Gasteiger partial charge in [0.05, 0.1) is 120 Å². The largest absolute Gasteiger partial charge is 0.573 e. The Morgan fingerprint density at radius 1 is 0.349 bits per heavy atom. The third kappa shape index (κ3) is 26.6. The summed E-state index contributed by atoms with van der Waals surface area (Å²) in [5, 5.41) is 24.8. The molecule has 49 heteroatoms. The van der Waals surface area contributed by atoms with Gasteiger partial charge in [0.15, 0.2) is 4.90 Å². The zero-order valence-electron chi connectivity index (χ0n) is 74.7. The maximum Gasteiger partial charge on any atom is 0.573 e. The van der Waals surface area contributed by atoms with Gasteiger partial charge in [0.1, 0.15) is 42.9 Å². The molecule has 6 aromatic heterocycles. The number of nitrogen functional groups attached to an aromatic ring is 1. The number of carbonyl (C=O) groups excluding carboxylic acids is 1. The van der Waals surface area contributed by atoms with Crippen LogP contribution in [-0.2, 0) is 71.1 Å². The van der Waals surface area contributed by atoms with Crippen molar-refractivity contribution in [2.24, 2.45) is 0 Å². The van der Waals surface area contributed by atoms with E-state index in [2.05, 4.69) is 72.4 Å². The van der Waals surface area contributed by atoms with Crippen LogP contribution in [0.3, 0.4) is 0 Å². The van der Waals surface area contributed by atoms with Crippen LogP contribution in [0.15, 0.2) is 382 Å². The molecule has 0 fully saturated rings. The second-order valence-electron chi connectivity index (χ2n) is 29.9. The van der Waals surface area contributed by atoms with E-state index in [9.17, 15) is 105 Å². The number of nitro benzene ring substituents is 1. The van der Waals surface area contributed by atoms with Gasteiger partial charge < -0.3 is 24.7 Å². The van der Waals surface area contributed by atoms with Crippen LogP contribution in [0, 0.1) is 21.4 Å². The van der Waals surface area contributed by atoms with Crippen molar-refractivity contribution in [1.29, 1.82) is 5.26 Å². The Morgan fingerprint density at radius 2 is 0.678 bits per heavy atom. The minimum atomic E-state index is -5.01. The molecule has 0 aliphatic heterocycles. The second kappa shape index (κ2) is 44.8. The van der Waals surface area contributed by atoms with Crippen LogP contribution in [0.4, 0.5) is 85.0 Å². The van der Waals surface area contributed by atoms with Crippen LogP contribution < -0.4 is 48.3 Å². The number of benzene rings is 12. The Kier molecular flexibility index (Phi) is 32.5. The molecule has 748 valence electrons. The number of esters is 1. The van der Waals surface area contributed by atoms with Gasteiger partial charge in [0.25, 0.3) is 65.8 Å². The van der Waals surface area contributed by atoms with E-state index in [1.807, 2.05) is 30.3 Å². The number of aromatic nitrogens is 6. The van der Waals surface area contributed by atoms with Crippen molar-refractivity contribution < 1.29 is 119 Å². The first-order valence-corrected chi connectivity index (χ1v) is 50.5. The van der Waals surface area contributed by atoms with Crippen LogP contribution in [0.1, 0.15) is 21.5 Å². The number of nitrogens with two attached hydrogens (primary N) is 1. The molecule has 0 atom stereocenters. The number of carbonyl (C=O) groups is 1. The lowest BCUT2D eigenvalue weighted by atomic mass is 10.2. The molecule has 0 radical (unpaired) electrons. The highest BCUT2D eigenvalue weighted by molar-refractivity contribution is 7.94. The van der Waals surface area contributed by atoms with Crippen molar-refractivity contribution >= 4 is 177 Å². The second-order valence-corrected chi connectivity index (χ2v) is 39.8. The standard InChI is InChI=1S/C17H14N2O4S.C16H12F3N3O2S.2C16H11F3N2O3S.C16H13N3O5S.C16H11N3O2S/c1-23-17(20)13-8-2-3-10-15(13)24(21,22)19-14-9-4-6-12-7-5-11-18-16(12)14;17-16(18,19)11-6-7-14(12(20)9-11)25(23,24)22-13-5-1-3-10-4-2-8-21-15(10)13;17-16(18,19)24-12-6-2-7-13(10-12)25(22,23)21-14-8-1-4-11-5-3-9-20-15(11)14;17-16(18,19)24-13-8-1-2-9-14(13)25(22,23)21-12-7-3-5-11-6-4-10-20-15(11)12;1-24-12-7-8-15(14(10-12)19(20)21)25(22,23)18-13-6-2-4-11-5-3-9-17-16(11)13;17-11-13-5-1-2-9-15(13)22(20,21)19-14-8-3-6-12-7-4-10-18-16(12)14/h2-11,19H,1H3;1-9,22H,20H2;2*1-10,21H;2-10,18H,1H3;1-10,19H. The zero-order chi connectivity index (χ0) is 105. The van der Waals surface area contributed by atoms with Gasteiger partial charge in [-0.3, -0.25) is 68.4 Å². The zero-order valence-corrected chi connectivity index (χ0v) is 79.6. The fourth-order valence-electron chi connectivity index (χ4n) is 13.8. The number of para-hydroxylation sites is 7. The number of pyridine rings is 6. The summed E-state index contributed by atoms with van der Waals surface area (Å²) in [6, 6.07) is 79.3. The quantitative estimate of drug-likeness (QED) is 0.0103. The third-order valence-electron chi connectivity index (χ3n) is 20.1. The number of nitriles is 1. The summed E-state index contributed by atoms with van der Waals surface area (Å²) < 4.78 is 295. The summed E-state index contributed by atoms with van der Waals surface area (Å²) in [4.78, 5) is 45.2. The van der Waals surface area contributed by atoms with Crippen molar-refractivity contribution in [3.05, 3.63) is 379 Å². The Bertz CT molecular complexity index is 8750. The minimum absolute atomic E-state index is 0.0271. The first kappa shape index (κ1) is 106. The van der Waals surface area contributed by atoms with Crippen LogP contribution in [0.2, 0.25) is 0 Å². The van der Waals surface area contributed by atoms with E-state index in [-0.39, 0.29) is 54.3 Å². The van der Waals surface area contributed by atoms with E-state index in [1.165, 1.54) is 106 Å². The molecule has 12 aromatic carbocycles. The molecule has 0 saturated carbocycles. The molecule has 0 aliphatic rings. The Morgan fingerprint density at radius 3 is 1.05 bits per heavy atom. The topological polar surface area (TPSA) is 501 Å². The molecule has 0 unspecified atom stereocenters. The number of rotatable bonds is 23. The molecule has 0 bridgehead atoms. The number of nitrogens with one attached hydrogen (secondary N) is 6. The van der Waals surface area contributed by atoms with Gasteiger partial charge in [-0.2, -0.15) is 18.4 Å². The highest BCUT2D eigenvalue weighted by Gasteiger charge is 2.37. The smallest absolute Gasteiger partial charge is 0.497 e. The summed E-state index contributed by atoms with van der Waals surface area (Å²) in [5.74, 6) is -1.95. The molecule has 0 saturated heterocycles. The SMILES string of the molecule is COC(=O)c1ccccc1S(=O)(=O)Nc1cccc2cccnc12.COc1ccc(S(=O)(=O)Nc2cccc3cccnc23)c([N+](=O)[O-])c1.N#Cc1ccccc1S(=O)(=O)Nc1cccc2cccnc12.Nc1cc(C(F)(F)F)ccc1S(=O)(=O)Nc1cccc2cccnc12.O=S(=O)(Nc1cccc2cccnc12)c1cccc(OC(F)(F)F)c1.O=S(=O)(Nc1cccc2cccnc12)c1ccccc1OC(F)(F)F. The molecule has 6 heterocycles. The summed E-state index contributed by atoms with van der Waals surface area (Å²) >= 11 is 0. The minimum Gasteiger partial charge on any atom is -0.497 e. The summed E-state index contributed by atoms with van der Waals surface area (Å²) in [7, 11) is -22.1. The van der Waals surface area contributed by atoms with Crippen molar-refractivity contribution in [1.82, 2.24) is 29.9 Å². The van der Waals surface area contributed by atoms with E-state index in [4.69, 9.17) is 15.7 Å². The number of halogens is 9. The lowest BCUT2D eigenvalue weighted by Gasteiger charge is -2.15. The van der Waals surface area contributed by atoms with Crippen LogP contribution in [-0.4, -0.2) is 118 Å². The Labute approximate surface area is 824 Å². The molecule has 8 N–H and O–H groups in total. The lowest BCUT2D eigenvalue weighted by molar-refractivity contribution is -0.387. The van der Waals surface area contributed by atoms with Gasteiger partial charge in [-0.05, 0) is 152 Å². The first-order chi connectivity index (χ1) is 69.3. The van der Waals surface area contributed by atoms with Crippen molar-refractivity contribution in [3.8, 4) is 23.3 Å². The fourth-order valence-corrected chi connectivity index (χ4v) is 21.0. The third-order valence-corrected chi connectivity index (χ3v) is 28.6. The van der Waals surface area contributed by atoms with Gasteiger partial charge in [-0.15, -0.1) is 26.3 Å². The van der Waals surface area contributed by atoms with Crippen molar-refractivity contribution in [2.45, 2.75) is 48.3 Å². The average Bonchev–Trinajstić information content (AvgIpc) is 0.817. The van der Waals surface area contributed by atoms with Crippen molar-refractivity contribution in [3.63, 3.8) is 0 Å². The molecule has 18 rings (SSSR count). The van der Waals surface area contributed by atoms with Gasteiger partial charge in [-0.25, -0.2) is 55.3 Å². The molecule has 0 amide bonds. The van der Waals surface area contributed by atoms with Crippen LogP contribution in [0.25, 0.3) is 65.4 Å². The van der Waals surface area contributed by atoms with E-state index >= 15 is 0 Å². The Hall–Kier alpha value is -17.5. The number of methoxy groups -OCH3 is 2. The summed E-state index contributed by atoms with van der Waals surface area (Å²) in [5.41, 5.74) is 7.83. The maximum absolute atomic E-state index is 12.7. The van der Waals surface area contributed by atoms with E-state index in [1.54, 1.807) is 176 Å². The molecular formula is C97H72F9N15O19S6. The lowest BCUT2D eigenvalue weighted by Crippen LogP contribution is -2.21. The fraction of sp³-hybridized carbons (Fsp3) is 0.0515. The molecule has 146 heavy (non-hydrogen) atoms. The molecular weight excluding hydrogens is 2040 g/mol. The predicted molar refractivity (Wildman–Crippen MR) is 526 cm³/mol. The maximum atomic E-state index is 12.7. The van der Waals surface area contributed by atoms with Gasteiger partial charge in [0.2, 0.25) is 0 Å². The summed E-state index contributed by atoms with van der Waals surface area (Å²) in [6.45, 7) is 0. The average molecular weight is 2120 g/mol. The number of hydrogen-bond donors (Lipinski definition) is 7. The molecule has 18 aromatic rings. The molecule has 0 spiro atoms. The number of nitrogens with zero attached hydrogens (tertiary/aromatic N) is 8. The first-order valence-electron chi connectivity index (χ1n) is 41.6. The van der Waals surface area contributed by atoms with E-state index in [0.29, 0.717) is 67.4 Å². The Balaban J connectivity index is 0.000000147. The van der Waals surface area contributed by atoms with Gasteiger partial charge >= 0.3 is 24.9 Å². The number of sulfonamides is 6.